The molecular weight excluding hydrogens is 499 g/mol. The van der Waals surface area contributed by atoms with Crippen LogP contribution in [0, 0.1) is 0 Å². The van der Waals surface area contributed by atoms with Gasteiger partial charge in [0.05, 0.1) is 11.4 Å². The third-order valence-corrected chi connectivity index (χ3v) is 7.73. The van der Waals surface area contributed by atoms with Crippen LogP contribution in [0.1, 0.15) is 32.1 Å². The summed E-state index contributed by atoms with van der Waals surface area (Å²) in [7, 11) is -3.82. The van der Waals surface area contributed by atoms with E-state index in [1.54, 1.807) is 42.5 Å². The molecule has 29 heavy (non-hydrogen) atoms. The first-order valence-electron chi connectivity index (χ1n) is 9.29. The molecule has 0 atom stereocenters. The van der Waals surface area contributed by atoms with Gasteiger partial charge in [-0.1, -0.05) is 58.4 Å². The van der Waals surface area contributed by atoms with Crippen LogP contribution in [-0.4, -0.2) is 31.2 Å². The second-order valence-electron chi connectivity index (χ2n) is 7.00. The molecule has 0 unspecified atom stereocenters. The van der Waals surface area contributed by atoms with Gasteiger partial charge in [-0.2, -0.15) is 4.31 Å². The minimum Gasteiger partial charge on any atom is -0.325 e. The maximum atomic E-state index is 13.3. The zero-order chi connectivity index (χ0) is 21.0. The van der Waals surface area contributed by atoms with E-state index in [0.717, 1.165) is 36.6 Å². The lowest BCUT2D eigenvalue weighted by molar-refractivity contribution is -0.116. The van der Waals surface area contributed by atoms with Crippen molar-refractivity contribution in [3.05, 3.63) is 57.0 Å². The van der Waals surface area contributed by atoms with E-state index in [9.17, 15) is 13.2 Å². The van der Waals surface area contributed by atoms with E-state index >= 15 is 0 Å². The molecule has 1 N–H and O–H groups in total. The summed E-state index contributed by atoms with van der Waals surface area (Å²) in [5, 5.41) is 3.48. The van der Waals surface area contributed by atoms with Crippen molar-refractivity contribution in [3.8, 4) is 0 Å². The lowest BCUT2D eigenvalue weighted by atomic mass is 9.95. The zero-order valence-corrected chi connectivity index (χ0v) is 19.5. The summed E-state index contributed by atoms with van der Waals surface area (Å²) in [5.74, 6) is -0.436. The molecule has 0 radical (unpaired) electrons. The number of nitrogens with one attached hydrogen (secondary N) is 1. The Bertz CT molecular complexity index is 957. The van der Waals surface area contributed by atoms with Crippen LogP contribution in [0.25, 0.3) is 0 Å². The number of carbonyl (C=O) groups is 1. The first-order valence-corrected chi connectivity index (χ1v) is 12.3. The zero-order valence-electron chi connectivity index (χ0n) is 15.6. The van der Waals surface area contributed by atoms with Crippen molar-refractivity contribution in [1.29, 1.82) is 0 Å². The van der Waals surface area contributed by atoms with Gasteiger partial charge in [-0.25, -0.2) is 8.42 Å². The van der Waals surface area contributed by atoms with Crippen LogP contribution in [-0.2, 0) is 14.8 Å². The number of hydrogen-bond acceptors (Lipinski definition) is 3. The Morgan fingerprint density at radius 2 is 1.62 bits per heavy atom. The molecule has 1 aliphatic rings. The highest BCUT2D eigenvalue weighted by molar-refractivity contribution is 9.10. The molecule has 5 nitrogen and oxygen atoms in total. The van der Waals surface area contributed by atoms with Gasteiger partial charge >= 0.3 is 0 Å². The van der Waals surface area contributed by atoms with E-state index < -0.39 is 15.9 Å². The maximum absolute atomic E-state index is 13.3. The molecule has 3 rings (SSSR count). The summed E-state index contributed by atoms with van der Waals surface area (Å²) in [6.45, 7) is -0.271. The number of carbonyl (C=O) groups excluding carboxylic acids is 1. The highest BCUT2D eigenvalue weighted by atomic mass is 79.9. The van der Waals surface area contributed by atoms with Crippen LogP contribution in [0.3, 0.4) is 0 Å². The van der Waals surface area contributed by atoms with E-state index in [2.05, 4.69) is 21.2 Å². The van der Waals surface area contributed by atoms with Gasteiger partial charge < -0.3 is 5.32 Å². The summed E-state index contributed by atoms with van der Waals surface area (Å²) in [4.78, 5) is 12.9. The van der Waals surface area contributed by atoms with Crippen molar-refractivity contribution in [2.45, 2.75) is 43.0 Å². The molecule has 0 spiro atoms. The van der Waals surface area contributed by atoms with Gasteiger partial charge in [0.2, 0.25) is 15.9 Å². The number of halogens is 3. The van der Waals surface area contributed by atoms with Crippen molar-refractivity contribution >= 4 is 60.7 Å². The number of benzene rings is 2. The molecule has 1 fully saturated rings. The van der Waals surface area contributed by atoms with Crippen LogP contribution >= 0.6 is 39.1 Å². The number of hydrogen-bond donors (Lipinski definition) is 1. The molecule has 0 saturated heterocycles. The van der Waals surface area contributed by atoms with Gasteiger partial charge in [0, 0.05) is 26.2 Å². The van der Waals surface area contributed by atoms with Gasteiger partial charge in [-0.05, 0) is 55.3 Å². The Morgan fingerprint density at radius 1 is 1.03 bits per heavy atom. The third-order valence-electron chi connectivity index (χ3n) is 4.85. The topological polar surface area (TPSA) is 66.5 Å². The lowest BCUT2D eigenvalue weighted by Crippen LogP contribution is -2.45. The molecule has 1 aliphatic carbocycles. The van der Waals surface area contributed by atoms with E-state index in [-0.39, 0.29) is 17.5 Å². The molecule has 1 saturated carbocycles. The Labute approximate surface area is 189 Å². The van der Waals surface area contributed by atoms with Gasteiger partial charge in [0.15, 0.2) is 0 Å². The molecule has 0 bridgehead atoms. The standard InChI is InChI=1S/C20H21BrCl2N2O3S/c21-14-6-8-19(9-7-14)29(27,28)25(18-4-2-1-3-5-18)13-20(26)24-17-11-15(22)10-16(23)12-17/h6-12,18H,1-5,13H2,(H,24,26). The first-order chi connectivity index (χ1) is 13.8. The summed E-state index contributed by atoms with van der Waals surface area (Å²) in [5.41, 5.74) is 0.428. The van der Waals surface area contributed by atoms with Crippen LogP contribution < -0.4 is 5.32 Å². The third kappa shape index (κ3) is 5.95. The second kappa shape index (κ2) is 9.79. The highest BCUT2D eigenvalue weighted by Crippen LogP contribution is 2.29. The molecule has 156 valence electrons. The Hall–Kier alpha value is -1.12. The summed E-state index contributed by atoms with van der Waals surface area (Å²) in [6.07, 6.45) is 4.46. The molecule has 9 heteroatoms. The van der Waals surface area contributed by atoms with Crippen molar-refractivity contribution in [2.24, 2.45) is 0 Å². The van der Waals surface area contributed by atoms with Crippen LogP contribution in [0.15, 0.2) is 51.8 Å². The predicted molar refractivity (Wildman–Crippen MR) is 120 cm³/mol. The van der Waals surface area contributed by atoms with Gasteiger partial charge in [0.25, 0.3) is 0 Å². The van der Waals surface area contributed by atoms with E-state index in [1.807, 2.05) is 0 Å². The van der Waals surface area contributed by atoms with E-state index in [0.29, 0.717) is 15.7 Å². The predicted octanol–water partition coefficient (Wildman–Crippen LogP) is 5.72. The fourth-order valence-electron chi connectivity index (χ4n) is 3.49. The molecule has 2 aromatic rings. The average Bonchev–Trinajstić information content (AvgIpc) is 2.66. The Balaban J connectivity index is 1.85. The minimum absolute atomic E-state index is 0.171. The summed E-state index contributed by atoms with van der Waals surface area (Å²) >= 11 is 15.3. The molecule has 0 aliphatic heterocycles. The second-order valence-corrected chi connectivity index (χ2v) is 10.7. The Kier molecular flexibility index (Phi) is 7.62. The van der Waals surface area contributed by atoms with Crippen LogP contribution in [0.4, 0.5) is 5.69 Å². The van der Waals surface area contributed by atoms with Crippen LogP contribution in [0.2, 0.25) is 10.0 Å². The average molecular weight is 520 g/mol. The Morgan fingerprint density at radius 3 is 2.21 bits per heavy atom. The molecule has 0 aromatic heterocycles. The molecule has 2 aromatic carbocycles. The summed E-state index contributed by atoms with van der Waals surface area (Å²) in [6, 6.07) is 10.9. The van der Waals surface area contributed by atoms with E-state index in [4.69, 9.17) is 23.2 Å². The monoisotopic (exact) mass is 518 g/mol. The SMILES string of the molecule is O=C(CN(C1CCCCC1)S(=O)(=O)c1ccc(Br)cc1)Nc1cc(Cl)cc(Cl)c1. The number of amides is 1. The molecule has 0 heterocycles. The number of rotatable bonds is 6. The van der Waals surface area contributed by atoms with Crippen molar-refractivity contribution in [2.75, 3.05) is 11.9 Å². The molecule has 1 amide bonds. The normalized spacial score (nSPS) is 15.4. The van der Waals surface area contributed by atoms with Gasteiger partial charge in [-0.15, -0.1) is 0 Å². The largest absolute Gasteiger partial charge is 0.325 e. The first kappa shape index (κ1) is 22.6. The quantitative estimate of drug-likeness (QED) is 0.530. The number of sulfonamides is 1. The lowest BCUT2D eigenvalue weighted by Gasteiger charge is -2.33. The van der Waals surface area contributed by atoms with Crippen molar-refractivity contribution in [1.82, 2.24) is 4.31 Å². The number of nitrogens with zero attached hydrogens (tertiary/aromatic N) is 1. The van der Waals surface area contributed by atoms with Crippen LogP contribution in [0.5, 0.6) is 0 Å². The maximum Gasteiger partial charge on any atom is 0.243 e. The van der Waals surface area contributed by atoms with E-state index in [1.165, 1.54) is 4.31 Å². The van der Waals surface area contributed by atoms with Crippen molar-refractivity contribution < 1.29 is 13.2 Å². The fraction of sp³-hybridized carbons (Fsp3) is 0.350. The fourth-order valence-corrected chi connectivity index (χ4v) is 5.92. The molecular formula is C20H21BrCl2N2O3S. The highest BCUT2D eigenvalue weighted by Gasteiger charge is 2.34. The van der Waals surface area contributed by atoms with Gasteiger partial charge in [0.1, 0.15) is 0 Å². The smallest absolute Gasteiger partial charge is 0.243 e. The van der Waals surface area contributed by atoms with Gasteiger partial charge in [-0.3, -0.25) is 4.79 Å². The minimum atomic E-state index is -3.82. The number of anilines is 1. The van der Waals surface area contributed by atoms with Crippen molar-refractivity contribution in [3.63, 3.8) is 0 Å². The summed E-state index contributed by atoms with van der Waals surface area (Å²) < 4.78 is 28.8.